The van der Waals surface area contributed by atoms with Crippen molar-refractivity contribution in [1.29, 1.82) is 0 Å². The maximum Gasteiger partial charge on any atom is 0.416 e. The molecule has 0 unspecified atom stereocenters. The third-order valence-electron chi connectivity index (χ3n) is 4.34. The van der Waals surface area contributed by atoms with Crippen molar-refractivity contribution < 1.29 is 18.0 Å². The van der Waals surface area contributed by atoms with Crippen LogP contribution in [0.3, 0.4) is 0 Å². The Hall–Kier alpha value is -2.24. The first-order valence-corrected chi connectivity index (χ1v) is 7.90. The summed E-state index contributed by atoms with van der Waals surface area (Å²) < 4.78 is 40.3. The molecular formula is C18H19F3N2O. The highest BCUT2D eigenvalue weighted by molar-refractivity contribution is 6.00. The molecule has 1 aromatic carbocycles. The second-order valence-corrected chi connectivity index (χ2v) is 6.24. The van der Waals surface area contributed by atoms with Gasteiger partial charge in [-0.3, -0.25) is 4.79 Å². The van der Waals surface area contributed by atoms with Gasteiger partial charge in [-0.15, -0.1) is 0 Å². The summed E-state index contributed by atoms with van der Waals surface area (Å²) in [5, 5.41) is 2.80. The van der Waals surface area contributed by atoms with E-state index in [1.54, 1.807) is 0 Å². The third kappa shape index (κ3) is 3.32. The van der Waals surface area contributed by atoms with Gasteiger partial charge >= 0.3 is 6.18 Å². The third-order valence-corrected chi connectivity index (χ3v) is 4.34. The molecule has 0 radical (unpaired) electrons. The highest BCUT2D eigenvalue weighted by atomic mass is 19.4. The van der Waals surface area contributed by atoms with Gasteiger partial charge in [-0.1, -0.05) is 6.07 Å². The zero-order valence-corrected chi connectivity index (χ0v) is 13.6. The van der Waals surface area contributed by atoms with Gasteiger partial charge in [-0.05, 0) is 51.0 Å². The SMILES string of the molecule is Cc1cc(C(=O)CNc2cccc(C(F)(F)F)c2)c(C)n1C1CC1. The number of hydrogen-bond acceptors (Lipinski definition) is 2. The lowest BCUT2D eigenvalue weighted by Gasteiger charge is -2.10. The van der Waals surface area contributed by atoms with Gasteiger partial charge in [0.15, 0.2) is 5.78 Å². The molecule has 1 aliphatic rings. The van der Waals surface area contributed by atoms with E-state index in [4.69, 9.17) is 0 Å². The molecule has 1 fully saturated rings. The molecule has 1 aromatic heterocycles. The van der Waals surface area contributed by atoms with Crippen molar-refractivity contribution in [2.75, 3.05) is 11.9 Å². The van der Waals surface area contributed by atoms with Gasteiger partial charge in [0.05, 0.1) is 12.1 Å². The van der Waals surface area contributed by atoms with Gasteiger partial charge < -0.3 is 9.88 Å². The highest BCUT2D eigenvalue weighted by Crippen LogP contribution is 2.38. The Balaban J connectivity index is 1.71. The summed E-state index contributed by atoms with van der Waals surface area (Å²) in [7, 11) is 0. The largest absolute Gasteiger partial charge is 0.416 e. The first-order chi connectivity index (χ1) is 11.3. The van der Waals surface area contributed by atoms with Crippen molar-refractivity contribution in [3.05, 3.63) is 52.8 Å². The molecule has 128 valence electrons. The second-order valence-electron chi connectivity index (χ2n) is 6.24. The molecule has 0 aliphatic heterocycles. The number of rotatable bonds is 5. The number of nitrogens with one attached hydrogen (secondary N) is 1. The molecular weight excluding hydrogens is 317 g/mol. The number of aryl methyl sites for hydroxylation is 1. The van der Waals surface area contributed by atoms with E-state index in [2.05, 4.69) is 9.88 Å². The molecule has 3 nitrogen and oxygen atoms in total. The fourth-order valence-corrected chi connectivity index (χ4v) is 3.04. The molecule has 1 heterocycles. The summed E-state index contributed by atoms with van der Waals surface area (Å²) in [5.74, 6) is -0.118. The van der Waals surface area contributed by atoms with Crippen molar-refractivity contribution >= 4 is 11.5 Å². The van der Waals surface area contributed by atoms with Crippen LogP contribution in [0.25, 0.3) is 0 Å². The van der Waals surface area contributed by atoms with Crippen LogP contribution in [0.2, 0.25) is 0 Å². The number of hydrogen-bond donors (Lipinski definition) is 1. The maximum absolute atomic E-state index is 12.7. The first-order valence-electron chi connectivity index (χ1n) is 7.90. The minimum Gasteiger partial charge on any atom is -0.378 e. The Morgan fingerprint density at radius 1 is 1.25 bits per heavy atom. The summed E-state index contributed by atoms with van der Waals surface area (Å²) in [6.45, 7) is 3.86. The molecule has 0 spiro atoms. The normalized spacial score (nSPS) is 14.7. The molecule has 2 aromatic rings. The molecule has 6 heteroatoms. The van der Waals surface area contributed by atoms with Crippen LogP contribution in [-0.2, 0) is 6.18 Å². The fourth-order valence-electron chi connectivity index (χ4n) is 3.04. The molecule has 0 amide bonds. The van der Waals surface area contributed by atoms with Crippen LogP contribution < -0.4 is 5.32 Å². The zero-order valence-electron chi connectivity index (χ0n) is 13.6. The average Bonchev–Trinajstić information content (AvgIpc) is 3.30. The lowest BCUT2D eigenvalue weighted by atomic mass is 10.1. The Bertz CT molecular complexity index is 773. The van der Waals surface area contributed by atoms with E-state index in [1.165, 1.54) is 12.1 Å². The predicted molar refractivity (Wildman–Crippen MR) is 86.4 cm³/mol. The van der Waals surface area contributed by atoms with E-state index < -0.39 is 11.7 Å². The molecule has 3 rings (SSSR count). The number of aromatic nitrogens is 1. The van der Waals surface area contributed by atoms with Crippen LogP contribution in [0.1, 0.15) is 46.2 Å². The van der Waals surface area contributed by atoms with E-state index in [-0.39, 0.29) is 18.0 Å². The number of nitrogens with zero attached hydrogens (tertiary/aromatic N) is 1. The Kier molecular flexibility index (Phi) is 4.15. The number of anilines is 1. The van der Waals surface area contributed by atoms with E-state index in [0.29, 0.717) is 11.6 Å². The number of carbonyl (C=O) groups is 1. The minimum absolute atomic E-state index is 0.0315. The molecule has 1 N–H and O–H groups in total. The number of benzene rings is 1. The Morgan fingerprint density at radius 2 is 1.96 bits per heavy atom. The van der Waals surface area contributed by atoms with Crippen molar-refractivity contribution in [3.63, 3.8) is 0 Å². The van der Waals surface area contributed by atoms with Crippen LogP contribution >= 0.6 is 0 Å². The van der Waals surface area contributed by atoms with Crippen molar-refractivity contribution in [3.8, 4) is 0 Å². The van der Waals surface area contributed by atoms with E-state index in [1.807, 2.05) is 19.9 Å². The molecule has 0 saturated heterocycles. The lowest BCUT2D eigenvalue weighted by Crippen LogP contribution is -2.15. The second kappa shape index (κ2) is 6.00. The van der Waals surface area contributed by atoms with Crippen LogP contribution in [-0.4, -0.2) is 16.9 Å². The molecule has 24 heavy (non-hydrogen) atoms. The van der Waals surface area contributed by atoms with Crippen LogP contribution in [0, 0.1) is 13.8 Å². The molecule has 1 aliphatic carbocycles. The summed E-state index contributed by atoms with van der Waals surface area (Å²) in [6, 6.07) is 7.23. The highest BCUT2D eigenvalue weighted by Gasteiger charge is 2.30. The van der Waals surface area contributed by atoms with Crippen LogP contribution in [0.5, 0.6) is 0 Å². The number of Topliss-reactive ketones (excluding diaryl/α,β-unsaturated/α-hetero) is 1. The van der Waals surface area contributed by atoms with Crippen molar-refractivity contribution in [2.45, 2.75) is 38.9 Å². The number of halogens is 3. The topological polar surface area (TPSA) is 34.0 Å². The first kappa shape index (κ1) is 16.6. The summed E-state index contributed by atoms with van der Waals surface area (Å²) >= 11 is 0. The number of ketones is 1. The van der Waals surface area contributed by atoms with Crippen LogP contribution in [0.4, 0.5) is 18.9 Å². The van der Waals surface area contributed by atoms with Crippen molar-refractivity contribution in [2.24, 2.45) is 0 Å². The monoisotopic (exact) mass is 336 g/mol. The fraction of sp³-hybridized carbons (Fsp3) is 0.389. The molecule has 0 bridgehead atoms. The summed E-state index contributed by atoms with van der Waals surface area (Å²) in [6.07, 6.45) is -2.13. The smallest absolute Gasteiger partial charge is 0.378 e. The van der Waals surface area contributed by atoms with Gasteiger partial charge in [0.1, 0.15) is 0 Å². The Labute approximate surface area is 138 Å². The summed E-state index contributed by atoms with van der Waals surface area (Å²) in [5.41, 5.74) is 2.18. The van der Waals surface area contributed by atoms with E-state index in [0.717, 1.165) is 36.4 Å². The Morgan fingerprint density at radius 3 is 2.58 bits per heavy atom. The van der Waals surface area contributed by atoms with E-state index in [9.17, 15) is 18.0 Å². The minimum atomic E-state index is -4.39. The summed E-state index contributed by atoms with van der Waals surface area (Å²) in [4.78, 5) is 12.4. The lowest BCUT2D eigenvalue weighted by molar-refractivity contribution is -0.137. The quantitative estimate of drug-likeness (QED) is 0.799. The standard InChI is InChI=1S/C18H19F3N2O/c1-11-8-16(12(2)23(11)15-6-7-15)17(24)10-22-14-5-3-4-13(9-14)18(19,20)21/h3-5,8-9,15,22H,6-7,10H2,1-2H3. The number of alkyl halides is 3. The zero-order chi connectivity index (χ0) is 17.5. The van der Waals surface area contributed by atoms with E-state index >= 15 is 0 Å². The van der Waals surface area contributed by atoms with Crippen molar-refractivity contribution in [1.82, 2.24) is 4.57 Å². The average molecular weight is 336 g/mol. The van der Waals surface area contributed by atoms with Gasteiger partial charge in [0.25, 0.3) is 0 Å². The van der Waals surface area contributed by atoms with Crippen LogP contribution in [0.15, 0.2) is 30.3 Å². The maximum atomic E-state index is 12.7. The van der Waals surface area contributed by atoms with Gasteiger partial charge in [0, 0.05) is 28.7 Å². The molecule has 1 saturated carbocycles. The van der Waals surface area contributed by atoms with Gasteiger partial charge in [-0.25, -0.2) is 0 Å². The van der Waals surface area contributed by atoms with Gasteiger partial charge in [0.2, 0.25) is 0 Å². The predicted octanol–water partition coefficient (Wildman–Crippen LogP) is 4.75. The molecule has 0 atom stereocenters. The number of carbonyl (C=O) groups excluding carboxylic acids is 1. The van der Waals surface area contributed by atoms with Gasteiger partial charge in [-0.2, -0.15) is 13.2 Å².